The second-order valence-electron chi connectivity index (χ2n) is 3.59. The Labute approximate surface area is 67.2 Å². The lowest BCUT2D eigenvalue weighted by Crippen LogP contribution is -2.30. The topological polar surface area (TPSA) is 20.2 Å². The standard InChI is InChI=1S/C8H16OS/c1-6(9)7-4-5-10-8(7,2)3/h6-7,9H,4-5H2,1-3H3/t6-,7?/m1/s1. The lowest BCUT2D eigenvalue weighted by atomic mass is 9.88. The van der Waals surface area contributed by atoms with Crippen LogP contribution in [0.25, 0.3) is 0 Å². The highest BCUT2D eigenvalue weighted by Gasteiger charge is 2.37. The minimum atomic E-state index is -0.134. The molecule has 1 aliphatic heterocycles. The summed E-state index contributed by atoms with van der Waals surface area (Å²) in [5.41, 5.74) is 0. The zero-order valence-electron chi connectivity index (χ0n) is 6.92. The first-order chi connectivity index (χ1) is 4.54. The maximum Gasteiger partial charge on any atom is 0.0553 e. The Bertz CT molecular complexity index is 120. The molecule has 0 aliphatic carbocycles. The Morgan fingerprint density at radius 2 is 2.20 bits per heavy atom. The third kappa shape index (κ3) is 1.48. The van der Waals surface area contributed by atoms with E-state index in [1.165, 1.54) is 12.2 Å². The van der Waals surface area contributed by atoms with E-state index in [1.54, 1.807) is 0 Å². The van der Waals surface area contributed by atoms with Gasteiger partial charge in [0.25, 0.3) is 0 Å². The summed E-state index contributed by atoms with van der Waals surface area (Å²) in [6.07, 6.45) is 1.04. The highest BCUT2D eigenvalue weighted by Crippen LogP contribution is 2.43. The summed E-state index contributed by atoms with van der Waals surface area (Å²) in [5.74, 6) is 1.71. The van der Waals surface area contributed by atoms with E-state index in [4.69, 9.17) is 0 Å². The number of hydrogen-bond donors (Lipinski definition) is 1. The van der Waals surface area contributed by atoms with E-state index >= 15 is 0 Å². The molecule has 10 heavy (non-hydrogen) atoms. The lowest BCUT2D eigenvalue weighted by Gasteiger charge is -2.27. The van der Waals surface area contributed by atoms with Crippen molar-refractivity contribution in [2.75, 3.05) is 5.75 Å². The fourth-order valence-corrected chi connectivity index (χ4v) is 3.15. The number of thioether (sulfide) groups is 1. The molecule has 2 heteroatoms. The number of hydrogen-bond acceptors (Lipinski definition) is 2. The molecule has 0 bridgehead atoms. The maximum absolute atomic E-state index is 9.37. The van der Waals surface area contributed by atoms with Crippen LogP contribution in [0.2, 0.25) is 0 Å². The molecule has 1 fully saturated rings. The molecule has 0 saturated carbocycles. The predicted molar refractivity (Wildman–Crippen MR) is 46.3 cm³/mol. The number of aliphatic hydroxyl groups is 1. The minimum Gasteiger partial charge on any atom is -0.393 e. The van der Waals surface area contributed by atoms with Crippen LogP contribution in [0.15, 0.2) is 0 Å². The van der Waals surface area contributed by atoms with Gasteiger partial charge >= 0.3 is 0 Å². The van der Waals surface area contributed by atoms with E-state index in [0.29, 0.717) is 10.7 Å². The van der Waals surface area contributed by atoms with E-state index in [2.05, 4.69) is 13.8 Å². The van der Waals surface area contributed by atoms with Crippen molar-refractivity contribution < 1.29 is 5.11 Å². The summed E-state index contributed by atoms with van der Waals surface area (Å²) < 4.78 is 0.300. The van der Waals surface area contributed by atoms with Crippen molar-refractivity contribution in [3.63, 3.8) is 0 Å². The highest BCUT2D eigenvalue weighted by molar-refractivity contribution is 8.00. The van der Waals surface area contributed by atoms with Crippen molar-refractivity contribution in [2.45, 2.75) is 38.0 Å². The van der Waals surface area contributed by atoms with Gasteiger partial charge in [-0.25, -0.2) is 0 Å². The SMILES string of the molecule is C[C@@H](O)C1CCSC1(C)C. The molecule has 0 spiro atoms. The van der Waals surface area contributed by atoms with Crippen LogP contribution in [0, 0.1) is 5.92 Å². The van der Waals surface area contributed by atoms with Gasteiger partial charge in [-0.1, -0.05) is 13.8 Å². The fourth-order valence-electron chi connectivity index (χ4n) is 1.73. The first-order valence-electron chi connectivity index (χ1n) is 3.86. The number of aliphatic hydroxyl groups excluding tert-OH is 1. The molecule has 1 rings (SSSR count). The quantitative estimate of drug-likeness (QED) is 0.632. The van der Waals surface area contributed by atoms with Crippen LogP contribution in [0.5, 0.6) is 0 Å². The lowest BCUT2D eigenvalue weighted by molar-refractivity contribution is 0.111. The van der Waals surface area contributed by atoms with Crippen LogP contribution in [0.4, 0.5) is 0 Å². The summed E-state index contributed by atoms with van der Waals surface area (Å²) in [7, 11) is 0. The van der Waals surface area contributed by atoms with Crippen molar-refractivity contribution in [1.82, 2.24) is 0 Å². The van der Waals surface area contributed by atoms with Crippen molar-refractivity contribution in [3.05, 3.63) is 0 Å². The molecule has 0 aromatic carbocycles. The first kappa shape index (κ1) is 8.41. The molecule has 0 radical (unpaired) electrons. The van der Waals surface area contributed by atoms with E-state index < -0.39 is 0 Å². The van der Waals surface area contributed by atoms with Crippen LogP contribution in [-0.2, 0) is 0 Å². The van der Waals surface area contributed by atoms with Crippen molar-refractivity contribution in [2.24, 2.45) is 5.92 Å². The van der Waals surface area contributed by atoms with Crippen molar-refractivity contribution >= 4 is 11.8 Å². The molecule has 60 valence electrons. The molecule has 0 amide bonds. The summed E-state index contributed by atoms with van der Waals surface area (Å²) >= 11 is 1.98. The van der Waals surface area contributed by atoms with Gasteiger partial charge in [-0.05, 0) is 25.0 Å². The zero-order chi connectivity index (χ0) is 7.78. The molecule has 1 saturated heterocycles. The molecule has 2 atom stereocenters. The Morgan fingerprint density at radius 1 is 1.60 bits per heavy atom. The van der Waals surface area contributed by atoms with Crippen LogP contribution >= 0.6 is 11.8 Å². The minimum absolute atomic E-state index is 0.134. The Hall–Kier alpha value is 0.310. The van der Waals surface area contributed by atoms with Gasteiger partial charge in [0.15, 0.2) is 0 Å². The second-order valence-corrected chi connectivity index (χ2v) is 5.34. The van der Waals surface area contributed by atoms with Crippen LogP contribution in [0.3, 0.4) is 0 Å². The molecule has 1 N–H and O–H groups in total. The van der Waals surface area contributed by atoms with Gasteiger partial charge < -0.3 is 5.11 Å². The molecule has 1 heterocycles. The summed E-state index contributed by atoms with van der Waals surface area (Å²) in [4.78, 5) is 0. The van der Waals surface area contributed by atoms with Crippen LogP contribution in [0.1, 0.15) is 27.2 Å². The molecule has 0 aromatic heterocycles. The normalized spacial score (nSPS) is 34.2. The second kappa shape index (κ2) is 2.74. The first-order valence-corrected chi connectivity index (χ1v) is 4.84. The molecule has 1 unspecified atom stereocenters. The monoisotopic (exact) mass is 160 g/mol. The fraction of sp³-hybridized carbons (Fsp3) is 1.00. The Kier molecular flexibility index (Phi) is 2.31. The summed E-state index contributed by atoms with van der Waals surface area (Å²) in [5, 5.41) is 9.37. The van der Waals surface area contributed by atoms with Crippen LogP contribution < -0.4 is 0 Å². The van der Waals surface area contributed by atoms with Gasteiger partial charge in [0.1, 0.15) is 0 Å². The smallest absolute Gasteiger partial charge is 0.0553 e. The van der Waals surface area contributed by atoms with Crippen molar-refractivity contribution in [1.29, 1.82) is 0 Å². The van der Waals surface area contributed by atoms with Gasteiger partial charge in [0, 0.05) is 4.75 Å². The Morgan fingerprint density at radius 3 is 2.40 bits per heavy atom. The van der Waals surface area contributed by atoms with E-state index in [0.717, 1.165) is 0 Å². The molecule has 1 nitrogen and oxygen atoms in total. The van der Waals surface area contributed by atoms with Crippen molar-refractivity contribution in [3.8, 4) is 0 Å². The molecular weight excluding hydrogens is 144 g/mol. The maximum atomic E-state index is 9.37. The largest absolute Gasteiger partial charge is 0.393 e. The highest BCUT2D eigenvalue weighted by atomic mass is 32.2. The molecular formula is C8H16OS. The number of rotatable bonds is 1. The third-order valence-corrected chi connectivity index (χ3v) is 3.86. The van der Waals surface area contributed by atoms with Gasteiger partial charge in [-0.2, -0.15) is 11.8 Å². The van der Waals surface area contributed by atoms with Gasteiger partial charge in [-0.15, -0.1) is 0 Å². The van der Waals surface area contributed by atoms with E-state index in [9.17, 15) is 5.11 Å². The molecule has 1 aliphatic rings. The molecule has 0 aromatic rings. The average Bonchev–Trinajstić information content (AvgIpc) is 2.08. The van der Waals surface area contributed by atoms with Gasteiger partial charge in [0.05, 0.1) is 6.10 Å². The average molecular weight is 160 g/mol. The summed E-state index contributed by atoms with van der Waals surface area (Å²) in [6, 6.07) is 0. The van der Waals surface area contributed by atoms with Gasteiger partial charge in [0.2, 0.25) is 0 Å². The zero-order valence-corrected chi connectivity index (χ0v) is 7.74. The summed E-state index contributed by atoms with van der Waals surface area (Å²) in [6.45, 7) is 6.35. The van der Waals surface area contributed by atoms with Crippen LogP contribution in [-0.4, -0.2) is 21.7 Å². The Balaban J connectivity index is 2.59. The van der Waals surface area contributed by atoms with Gasteiger partial charge in [-0.3, -0.25) is 0 Å². The van der Waals surface area contributed by atoms with E-state index in [1.807, 2.05) is 18.7 Å². The third-order valence-electron chi connectivity index (χ3n) is 2.38. The van der Waals surface area contributed by atoms with E-state index in [-0.39, 0.29) is 6.10 Å². The predicted octanol–water partition coefficient (Wildman–Crippen LogP) is 1.90.